The second-order valence-corrected chi connectivity index (χ2v) is 7.53. The van der Waals surface area contributed by atoms with Crippen LogP contribution in [0.3, 0.4) is 0 Å². The fourth-order valence-corrected chi connectivity index (χ4v) is 3.63. The molecule has 1 amide bonds. The van der Waals surface area contributed by atoms with E-state index in [9.17, 15) is 14.9 Å². The molecule has 0 fully saturated rings. The van der Waals surface area contributed by atoms with E-state index in [1.807, 2.05) is 29.8 Å². The molecule has 0 aliphatic rings. The Hall–Kier alpha value is -3.71. The van der Waals surface area contributed by atoms with Gasteiger partial charge in [-0.3, -0.25) is 14.9 Å². The quantitative estimate of drug-likeness (QED) is 0.326. The van der Waals surface area contributed by atoms with E-state index < -0.39 is 10.8 Å². The number of imidazole rings is 1. The van der Waals surface area contributed by atoms with E-state index in [4.69, 9.17) is 16.6 Å². The summed E-state index contributed by atoms with van der Waals surface area (Å²) < 4.78 is 2.00. The highest BCUT2D eigenvalue weighted by atomic mass is 35.5. The average Bonchev–Trinajstić information content (AvgIpc) is 3.09. The number of hydrogen-bond acceptors (Lipinski definition) is 4. The number of aryl methyl sites for hydroxylation is 2. The summed E-state index contributed by atoms with van der Waals surface area (Å²) in [6.07, 6.45) is 0.973. The van der Waals surface area contributed by atoms with Gasteiger partial charge in [-0.15, -0.1) is 0 Å². The standard InChI is InChI=1S/C23H19ClN4O3/c1-3-14-4-6-15(7-5-14)22-26-20-12-16(8-11-21(20)27(22)2)25-23(29)18-13-17(28(30)31)9-10-19(18)24/h4-13H,3H2,1-2H3,(H,25,29). The minimum Gasteiger partial charge on any atom is -0.327 e. The number of halogens is 1. The van der Waals surface area contributed by atoms with Crippen LogP contribution in [-0.2, 0) is 13.5 Å². The van der Waals surface area contributed by atoms with Crippen LogP contribution < -0.4 is 5.32 Å². The summed E-state index contributed by atoms with van der Waals surface area (Å²) in [6.45, 7) is 2.11. The zero-order chi connectivity index (χ0) is 22.1. The van der Waals surface area contributed by atoms with E-state index in [2.05, 4.69) is 24.4 Å². The molecule has 0 atom stereocenters. The van der Waals surface area contributed by atoms with Crippen LogP contribution in [0, 0.1) is 10.1 Å². The molecule has 0 unspecified atom stereocenters. The van der Waals surface area contributed by atoms with Crippen molar-refractivity contribution in [2.75, 3.05) is 5.32 Å². The predicted molar refractivity (Wildman–Crippen MR) is 122 cm³/mol. The monoisotopic (exact) mass is 434 g/mol. The largest absolute Gasteiger partial charge is 0.327 e. The molecule has 3 aromatic carbocycles. The number of hydrogen-bond donors (Lipinski definition) is 1. The molecule has 8 heteroatoms. The second kappa shape index (κ2) is 8.20. The number of carbonyl (C=O) groups is 1. The molecule has 4 aromatic rings. The normalized spacial score (nSPS) is 10.9. The lowest BCUT2D eigenvalue weighted by molar-refractivity contribution is -0.384. The van der Waals surface area contributed by atoms with Crippen LogP contribution >= 0.6 is 11.6 Å². The molecular formula is C23H19ClN4O3. The Kier molecular flexibility index (Phi) is 5.44. The molecule has 1 aromatic heterocycles. The maximum Gasteiger partial charge on any atom is 0.270 e. The number of benzene rings is 3. The number of nitrogens with one attached hydrogen (secondary N) is 1. The van der Waals surface area contributed by atoms with Crippen LogP contribution in [0.4, 0.5) is 11.4 Å². The number of amides is 1. The molecule has 4 rings (SSSR count). The van der Waals surface area contributed by atoms with Crippen LogP contribution in [0.25, 0.3) is 22.4 Å². The Morgan fingerprint density at radius 3 is 2.55 bits per heavy atom. The highest BCUT2D eigenvalue weighted by Crippen LogP contribution is 2.27. The molecule has 0 bridgehead atoms. The highest BCUT2D eigenvalue weighted by molar-refractivity contribution is 6.34. The minimum atomic E-state index is -0.568. The highest BCUT2D eigenvalue weighted by Gasteiger charge is 2.17. The third kappa shape index (κ3) is 4.00. The number of non-ortho nitro benzene ring substituents is 1. The molecule has 0 spiro atoms. The van der Waals surface area contributed by atoms with Crippen molar-refractivity contribution >= 4 is 39.9 Å². The number of nitro benzene ring substituents is 1. The molecule has 1 heterocycles. The van der Waals surface area contributed by atoms with E-state index in [-0.39, 0.29) is 16.3 Å². The number of nitrogens with zero attached hydrogens (tertiary/aromatic N) is 3. The molecule has 0 aliphatic carbocycles. The predicted octanol–water partition coefficient (Wildman–Crippen LogP) is 5.62. The lowest BCUT2D eigenvalue weighted by atomic mass is 10.1. The van der Waals surface area contributed by atoms with E-state index in [0.717, 1.165) is 34.9 Å². The molecular weight excluding hydrogens is 416 g/mol. The van der Waals surface area contributed by atoms with Gasteiger partial charge < -0.3 is 9.88 Å². The molecule has 31 heavy (non-hydrogen) atoms. The lowest BCUT2D eigenvalue weighted by Gasteiger charge is -2.07. The van der Waals surface area contributed by atoms with Crippen LogP contribution in [0.1, 0.15) is 22.8 Å². The zero-order valence-electron chi connectivity index (χ0n) is 16.9. The molecule has 156 valence electrons. The summed E-state index contributed by atoms with van der Waals surface area (Å²) in [7, 11) is 1.94. The van der Waals surface area contributed by atoms with Crippen molar-refractivity contribution in [3.63, 3.8) is 0 Å². The van der Waals surface area contributed by atoms with Gasteiger partial charge in [-0.2, -0.15) is 0 Å². The molecule has 0 aliphatic heterocycles. The summed E-state index contributed by atoms with van der Waals surface area (Å²) in [5.74, 6) is 0.294. The molecule has 0 radical (unpaired) electrons. The van der Waals surface area contributed by atoms with Gasteiger partial charge in [0.1, 0.15) is 5.82 Å². The lowest BCUT2D eigenvalue weighted by Crippen LogP contribution is -2.12. The first-order valence-corrected chi connectivity index (χ1v) is 10.1. The van der Waals surface area contributed by atoms with Crippen LogP contribution in [-0.4, -0.2) is 20.4 Å². The van der Waals surface area contributed by atoms with Crippen molar-refractivity contribution in [3.8, 4) is 11.4 Å². The van der Waals surface area contributed by atoms with Gasteiger partial charge in [-0.25, -0.2) is 4.98 Å². The fraction of sp³-hybridized carbons (Fsp3) is 0.130. The van der Waals surface area contributed by atoms with Crippen molar-refractivity contribution in [2.24, 2.45) is 7.05 Å². The zero-order valence-corrected chi connectivity index (χ0v) is 17.7. The number of anilines is 1. The second-order valence-electron chi connectivity index (χ2n) is 7.12. The Morgan fingerprint density at radius 1 is 1.13 bits per heavy atom. The minimum absolute atomic E-state index is 0.0358. The first kappa shape index (κ1) is 20.6. The van der Waals surface area contributed by atoms with Gasteiger partial charge in [-0.1, -0.05) is 42.8 Å². The molecule has 7 nitrogen and oxygen atoms in total. The fourth-order valence-electron chi connectivity index (χ4n) is 3.42. The molecule has 0 saturated carbocycles. The van der Waals surface area contributed by atoms with Gasteiger partial charge in [0.05, 0.1) is 26.5 Å². The maximum atomic E-state index is 12.7. The van der Waals surface area contributed by atoms with Gasteiger partial charge in [0.25, 0.3) is 11.6 Å². The van der Waals surface area contributed by atoms with Crippen molar-refractivity contribution in [1.29, 1.82) is 0 Å². The van der Waals surface area contributed by atoms with Crippen molar-refractivity contribution < 1.29 is 9.72 Å². The van der Waals surface area contributed by atoms with Gasteiger partial charge in [0.15, 0.2) is 0 Å². The van der Waals surface area contributed by atoms with E-state index in [1.54, 1.807) is 12.1 Å². The summed E-state index contributed by atoms with van der Waals surface area (Å²) in [6, 6.07) is 17.4. The van der Waals surface area contributed by atoms with E-state index in [1.165, 1.54) is 17.7 Å². The third-order valence-corrected chi connectivity index (χ3v) is 5.49. The van der Waals surface area contributed by atoms with Crippen molar-refractivity contribution in [1.82, 2.24) is 9.55 Å². The van der Waals surface area contributed by atoms with E-state index >= 15 is 0 Å². The topological polar surface area (TPSA) is 90.1 Å². The molecule has 0 saturated heterocycles. The number of aromatic nitrogens is 2. The van der Waals surface area contributed by atoms with Gasteiger partial charge in [0.2, 0.25) is 0 Å². The Morgan fingerprint density at radius 2 is 1.87 bits per heavy atom. The summed E-state index contributed by atoms with van der Waals surface area (Å²) >= 11 is 6.07. The Balaban J connectivity index is 1.64. The Labute approximate surface area is 183 Å². The smallest absolute Gasteiger partial charge is 0.270 e. The van der Waals surface area contributed by atoms with Crippen LogP contribution in [0.2, 0.25) is 5.02 Å². The number of fused-ring (bicyclic) bond motifs is 1. The maximum absolute atomic E-state index is 12.7. The molecule has 1 N–H and O–H groups in total. The SMILES string of the molecule is CCc1ccc(-c2nc3cc(NC(=O)c4cc([N+](=O)[O-])ccc4Cl)ccc3n2C)cc1. The van der Waals surface area contributed by atoms with Crippen LogP contribution in [0.15, 0.2) is 60.7 Å². The Bertz CT molecular complexity index is 1310. The van der Waals surface area contributed by atoms with E-state index in [0.29, 0.717) is 5.69 Å². The van der Waals surface area contributed by atoms with Crippen LogP contribution in [0.5, 0.6) is 0 Å². The first-order chi connectivity index (χ1) is 14.9. The van der Waals surface area contributed by atoms with Gasteiger partial charge >= 0.3 is 0 Å². The third-order valence-electron chi connectivity index (χ3n) is 5.16. The number of rotatable bonds is 5. The number of carbonyl (C=O) groups excluding carboxylic acids is 1. The summed E-state index contributed by atoms with van der Waals surface area (Å²) in [4.78, 5) is 27.8. The average molecular weight is 435 g/mol. The first-order valence-electron chi connectivity index (χ1n) is 9.68. The van der Waals surface area contributed by atoms with Gasteiger partial charge in [0, 0.05) is 30.4 Å². The summed E-state index contributed by atoms with van der Waals surface area (Å²) in [5.41, 5.74) is 4.26. The summed E-state index contributed by atoms with van der Waals surface area (Å²) in [5, 5.41) is 13.9. The number of nitro groups is 1. The van der Waals surface area contributed by atoms with Gasteiger partial charge in [-0.05, 0) is 36.2 Å². The van der Waals surface area contributed by atoms with Crippen molar-refractivity contribution in [2.45, 2.75) is 13.3 Å². The van der Waals surface area contributed by atoms with Crippen molar-refractivity contribution in [3.05, 3.63) is 86.9 Å².